The Labute approximate surface area is 144 Å². The Bertz CT molecular complexity index is 561. The number of carbonyl (C=O) groups is 1. The molecule has 1 aliphatic rings. The summed E-state index contributed by atoms with van der Waals surface area (Å²) in [7, 11) is 1.46. The van der Waals surface area contributed by atoms with Gasteiger partial charge in [-0.25, -0.2) is 4.39 Å². The average molecular weight is 333 g/mol. The summed E-state index contributed by atoms with van der Waals surface area (Å²) in [6.45, 7) is 8.95. The van der Waals surface area contributed by atoms with Gasteiger partial charge in [0.15, 0.2) is 11.6 Å². The molecule has 24 heavy (non-hydrogen) atoms. The molecule has 0 aliphatic heterocycles. The van der Waals surface area contributed by atoms with E-state index in [4.69, 9.17) is 4.74 Å². The van der Waals surface area contributed by atoms with Gasteiger partial charge >= 0.3 is 0 Å². The quantitative estimate of drug-likeness (QED) is 0.627. The number of allylic oxidation sites excluding steroid dienone is 1. The van der Waals surface area contributed by atoms with E-state index in [1.54, 1.807) is 31.2 Å². The second-order valence-corrected chi connectivity index (χ2v) is 6.00. The van der Waals surface area contributed by atoms with Gasteiger partial charge in [0.1, 0.15) is 0 Å². The van der Waals surface area contributed by atoms with Gasteiger partial charge < -0.3 is 10.1 Å². The van der Waals surface area contributed by atoms with Crippen molar-refractivity contribution in [3.63, 3.8) is 0 Å². The SMILES string of the molecule is C=CC(=C)NC(=O)C1CCCCCC1.COc1cccc(C)c1F. The molecule has 3 nitrogen and oxygen atoms in total. The van der Waals surface area contributed by atoms with Crippen molar-refractivity contribution in [2.75, 3.05) is 7.11 Å². The first-order valence-corrected chi connectivity index (χ1v) is 8.41. The fraction of sp³-hybridized carbons (Fsp3) is 0.450. The van der Waals surface area contributed by atoms with Gasteiger partial charge in [-0.05, 0) is 37.5 Å². The first-order chi connectivity index (χ1) is 11.5. The van der Waals surface area contributed by atoms with Crippen molar-refractivity contribution in [2.45, 2.75) is 45.4 Å². The first kappa shape index (κ1) is 19.9. The summed E-state index contributed by atoms with van der Waals surface area (Å²) in [6.07, 6.45) is 8.52. The highest BCUT2D eigenvalue weighted by Gasteiger charge is 2.19. The van der Waals surface area contributed by atoms with Crippen LogP contribution in [0.2, 0.25) is 0 Å². The Morgan fingerprint density at radius 2 is 1.92 bits per heavy atom. The Morgan fingerprint density at radius 1 is 1.29 bits per heavy atom. The van der Waals surface area contributed by atoms with Crippen molar-refractivity contribution in [1.29, 1.82) is 0 Å². The first-order valence-electron chi connectivity index (χ1n) is 8.41. The van der Waals surface area contributed by atoms with Crippen LogP contribution >= 0.6 is 0 Å². The number of rotatable bonds is 4. The lowest BCUT2D eigenvalue weighted by atomic mass is 9.99. The number of nitrogens with one attached hydrogen (secondary N) is 1. The van der Waals surface area contributed by atoms with Crippen LogP contribution < -0.4 is 10.1 Å². The second kappa shape index (κ2) is 10.6. The topological polar surface area (TPSA) is 38.3 Å². The maximum atomic E-state index is 12.9. The lowest BCUT2D eigenvalue weighted by Gasteiger charge is -2.13. The van der Waals surface area contributed by atoms with Crippen LogP contribution in [0.3, 0.4) is 0 Å². The third-order valence-corrected chi connectivity index (χ3v) is 4.13. The smallest absolute Gasteiger partial charge is 0.227 e. The van der Waals surface area contributed by atoms with E-state index in [9.17, 15) is 9.18 Å². The molecule has 132 valence electrons. The molecule has 2 rings (SSSR count). The molecular formula is C20H28FNO2. The van der Waals surface area contributed by atoms with Crippen molar-refractivity contribution < 1.29 is 13.9 Å². The standard InChI is InChI=1S/C12H19NO.C8H9FO/c1-3-10(2)13-12(14)11-8-6-4-5-7-9-11;1-6-4-3-5-7(10-2)8(6)9/h3,11H,1-2,4-9H2,(H,13,14);3-5H,1-2H3. The van der Waals surface area contributed by atoms with Crippen molar-refractivity contribution in [3.8, 4) is 5.75 Å². The molecule has 0 atom stereocenters. The molecule has 1 saturated carbocycles. The number of aryl methyl sites for hydroxylation is 1. The van der Waals surface area contributed by atoms with E-state index in [-0.39, 0.29) is 17.6 Å². The van der Waals surface area contributed by atoms with Crippen molar-refractivity contribution in [2.24, 2.45) is 5.92 Å². The van der Waals surface area contributed by atoms with Crippen LogP contribution in [0.4, 0.5) is 4.39 Å². The molecule has 1 amide bonds. The third-order valence-electron chi connectivity index (χ3n) is 4.13. The van der Waals surface area contributed by atoms with Crippen LogP contribution in [-0.2, 0) is 4.79 Å². The normalized spacial score (nSPS) is 14.6. The highest BCUT2D eigenvalue weighted by molar-refractivity contribution is 5.80. The maximum absolute atomic E-state index is 12.9. The number of amides is 1. The number of methoxy groups -OCH3 is 1. The van der Waals surface area contributed by atoms with Gasteiger partial charge in [-0.2, -0.15) is 0 Å². The minimum Gasteiger partial charge on any atom is -0.494 e. The minimum atomic E-state index is -0.273. The Hall–Kier alpha value is -2.10. The lowest BCUT2D eigenvalue weighted by molar-refractivity contribution is -0.124. The summed E-state index contributed by atoms with van der Waals surface area (Å²) in [5.41, 5.74) is 1.22. The van der Waals surface area contributed by atoms with Crippen molar-refractivity contribution in [3.05, 3.63) is 54.5 Å². The largest absolute Gasteiger partial charge is 0.494 e. The summed E-state index contributed by atoms with van der Waals surface area (Å²) in [5, 5.41) is 2.78. The molecule has 0 heterocycles. The molecule has 0 bridgehead atoms. The second-order valence-electron chi connectivity index (χ2n) is 6.00. The van der Waals surface area contributed by atoms with E-state index in [1.807, 2.05) is 0 Å². The molecule has 1 aromatic rings. The van der Waals surface area contributed by atoms with E-state index in [1.165, 1.54) is 32.8 Å². The number of ether oxygens (including phenoxy) is 1. The van der Waals surface area contributed by atoms with Gasteiger partial charge in [-0.15, -0.1) is 0 Å². The van der Waals surface area contributed by atoms with Crippen LogP contribution in [0.1, 0.15) is 44.1 Å². The Balaban J connectivity index is 0.000000254. The molecule has 1 fully saturated rings. The van der Waals surface area contributed by atoms with Gasteiger partial charge in [0.2, 0.25) is 5.91 Å². The van der Waals surface area contributed by atoms with E-state index < -0.39 is 0 Å². The maximum Gasteiger partial charge on any atom is 0.227 e. The fourth-order valence-electron chi connectivity index (χ4n) is 2.63. The number of hydrogen-bond acceptors (Lipinski definition) is 2. The van der Waals surface area contributed by atoms with Crippen molar-refractivity contribution >= 4 is 5.91 Å². The summed E-state index contributed by atoms with van der Waals surface area (Å²) >= 11 is 0. The number of carbonyl (C=O) groups excluding carboxylic acids is 1. The van der Waals surface area contributed by atoms with E-state index in [0.717, 1.165) is 12.8 Å². The van der Waals surface area contributed by atoms with Crippen LogP contribution in [0.15, 0.2) is 43.1 Å². The van der Waals surface area contributed by atoms with Gasteiger partial charge in [-0.3, -0.25) is 4.79 Å². The van der Waals surface area contributed by atoms with E-state index in [2.05, 4.69) is 18.5 Å². The predicted octanol–water partition coefficient (Wildman–Crippen LogP) is 4.92. The Morgan fingerprint density at radius 3 is 2.42 bits per heavy atom. The zero-order valence-electron chi connectivity index (χ0n) is 14.7. The zero-order chi connectivity index (χ0) is 17.9. The van der Waals surface area contributed by atoms with Crippen LogP contribution in [0.25, 0.3) is 0 Å². The minimum absolute atomic E-state index is 0.122. The Kier molecular flexibility index (Phi) is 8.84. The molecule has 4 heteroatoms. The number of hydrogen-bond donors (Lipinski definition) is 1. The summed E-state index contributed by atoms with van der Waals surface area (Å²) in [5.74, 6) is 0.344. The molecule has 0 aromatic heterocycles. The lowest BCUT2D eigenvalue weighted by Crippen LogP contribution is -2.28. The van der Waals surface area contributed by atoms with Gasteiger partial charge in [0.05, 0.1) is 7.11 Å². The van der Waals surface area contributed by atoms with Crippen LogP contribution in [0, 0.1) is 18.7 Å². The van der Waals surface area contributed by atoms with Gasteiger partial charge in [0, 0.05) is 11.6 Å². The molecule has 0 spiro atoms. The third kappa shape index (κ3) is 6.57. The molecule has 0 saturated heterocycles. The number of halogens is 1. The molecular weight excluding hydrogens is 305 g/mol. The van der Waals surface area contributed by atoms with Gasteiger partial charge in [-0.1, -0.05) is 51.0 Å². The summed E-state index contributed by atoms with van der Waals surface area (Å²) in [6, 6.07) is 5.07. The molecule has 0 radical (unpaired) electrons. The van der Waals surface area contributed by atoms with Crippen LogP contribution in [0.5, 0.6) is 5.75 Å². The highest BCUT2D eigenvalue weighted by Crippen LogP contribution is 2.23. The highest BCUT2D eigenvalue weighted by atomic mass is 19.1. The monoisotopic (exact) mass is 333 g/mol. The average Bonchev–Trinajstić information content (AvgIpc) is 2.87. The molecule has 1 aliphatic carbocycles. The van der Waals surface area contributed by atoms with E-state index >= 15 is 0 Å². The predicted molar refractivity (Wildman–Crippen MR) is 96.4 cm³/mol. The van der Waals surface area contributed by atoms with E-state index in [0.29, 0.717) is 17.0 Å². The fourth-order valence-corrected chi connectivity index (χ4v) is 2.63. The zero-order valence-corrected chi connectivity index (χ0v) is 14.7. The summed E-state index contributed by atoms with van der Waals surface area (Å²) < 4.78 is 17.6. The molecule has 1 aromatic carbocycles. The summed E-state index contributed by atoms with van der Waals surface area (Å²) in [4.78, 5) is 11.7. The van der Waals surface area contributed by atoms with Crippen LogP contribution in [-0.4, -0.2) is 13.0 Å². The molecule has 1 N–H and O–H groups in total. The molecule has 0 unspecified atom stereocenters. The van der Waals surface area contributed by atoms with Gasteiger partial charge in [0.25, 0.3) is 0 Å². The number of benzene rings is 1. The van der Waals surface area contributed by atoms with Crippen molar-refractivity contribution in [1.82, 2.24) is 5.32 Å².